The van der Waals surface area contributed by atoms with E-state index in [0.717, 1.165) is 33.7 Å². The van der Waals surface area contributed by atoms with Crippen LogP contribution < -0.4 is 10.5 Å². The fourth-order valence-corrected chi connectivity index (χ4v) is 3.75. The third-order valence-corrected chi connectivity index (χ3v) is 5.11. The van der Waals surface area contributed by atoms with Crippen LogP contribution in [0.1, 0.15) is 39.8 Å². The number of nitrogen functional groups attached to an aromatic ring is 1. The van der Waals surface area contributed by atoms with Gasteiger partial charge in [0.25, 0.3) is 0 Å². The first-order chi connectivity index (χ1) is 14.0. The molecule has 0 aliphatic heterocycles. The molecule has 30 heavy (non-hydrogen) atoms. The smallest absolute Gasteiger partial charge is 0.229 e. The van der Waals surface area contributed by atoms with E-state index in [-0.39, 0.29) is 6.04 Å². The van der Waals surface area contributed by atoms with E-state index in [0.29, 0.717) is 11.7 Å². The molecule has 0 atom stereocenters. The zero-order valence-corrected chi connectivity index (χ0v) is 18.7. The number of benzene rings is 2. The summed E-state index contributed by atoms with van der Waals surface area (Å²) in [5.41, 5.74) is 9.09. The summed E-state index contributed by atoms with van der Waals surface area (Å²) >= 11 is 0. The summed E-state index contributed by atoms with van der Waals surface area (Å²) in [6.45, 7) is 8.28. The molecular formula is C21H28N6O2S. The first-order valence-electron chi connectivity index (χ1n) is 9.73. The zero-order chi connectivity index (χ0) is 22.1. The van der Waals surface area contributed by atoms with Gasteiger partial charge in [-0.05, 0) is 64.1 Å². The Morgan fingerprint density at radius 1 is 0.867 bits per heavy atom. The highest BCUT2D eigenvalue weighted by Gasteiger charge is 2.08. The monoisotopic (exact) mass is 428 g/mol. The number of nitrogens with two attached hydrogens (primary N) is 1. The van der Waals surface area contributed by atoms with Gasteiger partial charge in [-0.15, -0.1) is 0 Å². The van der Waals surface area contributed by atoms with Gasteiger partial charge < -0.3 is 5.73 Å². The minimum absolute atomic E-state index is 0.237. The summed E-state index contributed by atoms with van der Waals surface area (Å²) in [5.74, 6) is 0. The Kier molecular flexibility index (Phi) is 6.02. The molecule has 0 amide bonds. The fraction of sp³-hybridized carbons (Fsp3) is 0.333. The van der Waals surface area contributed by atoms with Crippen LogP contribution >= 0.6 is 0 Å². The number of hydrogen-bond donors (Lipinski definition) is 2. The largest absolute Gasteiger partial charge is 0.399 e. The van der Waals surface area contributed by atoms with Gasteiger partial charge in [-0.1, -0.05) is 0 Å². The number of nitrogens with zero attached hydrogens (tertiary/aromatic N) is 4. The Bertz CT molecular complexity index is 1270. The minimum Gasteiger partial charge on any atom is -0.399 e. The highest BCUT2D eigenvalue weighted by molar-refractivity contribution is 7.92. The van der Waals surface area contributed by atoms with Crippen LogP contribution in [0.4, 0.5) is 11.4 Å². The van der Waals surface area contributed by atoms with Gasteiger partial charge in [0, 0.05) is 28.5 Å². The van der Waals surface area contributed by atoms with Crippen LogP contribution in [0.5, 0.6) is 0 Å². The maximum atomic E-state index is 11.2. The SMILES string of the molecule is CC(C)n1ncc2ccc(N)cc21.CC(C)n1ncc2ccc(NS(C)(=O)=O)cc21. The van der Waals surface area contributed by atoms with Gasteiger partial charge in [0.05, 0.1) is 35.4 Å². The molecule has 2 aromatic heterocycles. The molecule has 3 N–H and O–H groups in total. The molecule has 0 aliphatic rings. The van der Waals surface area contributed by atoms with Crippen LogP contribution in [-0.4, -0.2) is 34.2 Å². The Labute approximate surface area is 176 Å². The van der Waals surface area contributed by atoms with Gasteiger partial charge in [-0.2, -0.15) is 10.2 Å². The van der Waals surface area contributed by atoms with E-state index >= 15 is 0 Å². The van der Waals surface area contributed by atoms with Crippen LogP contribution in [0.2, 0.25) is 0 Å². The quantitative estimate of drug-likeness (QED) is 0.474. The van der Waals surface area contributed by atoms with Gasteiger partial charge in [-0.3, -0.25) is 14.1 Å². The van der Waals surface area contributed by atoms with Crippen LogP contribution in [0, 0.1) is 0 Å². The summed E-state index contributed by atoms with van der Waals surface area (Å²) in [7, 11) is -3.24. The van der Waals surface area contributed by atoms with Crippen molar-refractivity contribution in [2.24, 2.45) is 0 Å². The van der Waals surface area contributed by atoms with Gasteiger partial charge in [0.2, 0.25) is 10.0 Å². The summed E-state index contributed by atoms with van der Waals surface area (Å²) in [4.78, 5) is 0. The third-order valence-electron chi connectivity index (χ3n) is 4.50. The summed E-state index contributed by atoms with van der Waals surface area (Å²) in [5, 5.41) is 10.7. The van der Waals surface area contributed by atoms with Crippen molar-refractivity contribution in [1.29, 1.82) is 0 Å². The molecule has 4 rings (SSSR count). The number of aromatic nitrogens is 4. The number of anilines is 2. The van der Waals surface area contributed by atoms with E-state index in [1.807, 2.05) is 53.7 Å². The molecule has 0 fully saturated rings. The van der Waals surface area contributed by atoms with Gasteiger partial charge in [-0.25, -0.2) is 8.42 Å². The van der Waals surface area contributed by atoms with E-state index in [2.05, 4.69) is 28.8 Å². The lowest BCUT2D eigenvalue weighted by Gasteiger charge is -2.08. The Hall–Kier alpha value is -3.07. The second-order valence-corrected chi connectivity index (χ2v) is 9.58. The van der Waals surface area contributed by atoms with Crippen LogP contribution in [0.3, 0.4) is 0 Å². The van der Waals surface area contributed by atoms with E-state index < -0.39 is 10.0 Å². The predicted molar refractivity (Wildman–Crippen MR) is 123 cm³/mol. The second kappa shape index (κ2) is 8.35. The van der Waals surface area contributed by atoms with E-state index in [1.54, 1.807) is 18.3 Å². The molecular weight excluding hydrogens is 400 g/mol. The second-order valence-electron chi connectivity index (χ2n) is 7.83. The standard InChI is InChI=1S/C11H15N3O2S.C10H13N3/c1-8(2)14-11-6-10(13-17(3,15)16)5-4-9(11)7-12-14;1-7(2)13-10-5-9(11)4-3-8(10)6-12-13/h4-8,13H,1-3H3;3-7H,11H2,1-2H3. The molecule has 160 valence electrons. The molecule has 0 saturated heterocycles. The lowest BCUT2D eigenvalue weighted by Crippen LogP contribution is -2.09. The Morgan fingerprint density at radius 3 is 1.87 bits per heavy atom. The molecule has 0 spiro atoms. The molecule has 0 radical (unpaired) electrons. The lowest BCUT2D eigenvalue weighted by atomic mass is 10.2. The van der Waals surface area contributed by atoms with Crippen molar-refractivity contribution >= 4 is 43.2 Å². The molecule has 0 unspecified atom stereocenters. The number of fused-ring (bicyclic) bond motifs is 2. The molecule has 0 saturated carbocycles. The van der Waals surface area contributed by atoms with Crippen molar-refractivity contribution in [3.63, 3.8) is 0 Å². The predicted octanol–water partition coefficient (Wildman–Crippen LogP) is 4.19. The first-order valence-corrected chi connectivity index (χ1v) is 11.6. The van der Waals surface area contributed by atoms with Gasteiger partial charge >= 0.3 is 0 Å². The summed E-state index contributed by atoms with van der Waals surface area (Å²) in [6.07, 6.45) is 4.78. The van der Waals surface area contributed by atoms with Crippen molar-refractivity contribution in [3.05, 3.63) is 48.8 Å². The van der Waals surface area contributed by atoms with Crippen LogP contribution in [-0.2, 0) is 10.0 Å². The van der Waals surface area contributed by atoms with E-state index in [1.165, 1.54) is 0 Å². The molecule has 0 aliphatic carbocycles. The van der Waals surface area contributed by atoms with Crippen molar-refractivity contribution in [2.45, 2.75) is 39.8 Å². The molecule has 8 nitrogen and oxygen atoms in total. The summed E-state index contributed by atoms with van der Waals surface area (Å²) < 4.78 is 28.6. The summed E-state index contributed by atoms with van der Waals surface area (Å²) in [6, 6.07) is 11.8. The zero-order valence-electron chi connectivity index (χ0n) is 17.9. The van der Waals surface area contributed by atoms with Crippen molar-refractivity contribution < 1.29 is 8.42 Å². The van der Waals surface area contributed by atoms with E-state index in [9.17, 15) is 8.42 Å². The van der Waals surface area contributed by atoms with Crippen LogP contribution in [0.25, 0.3) is 21.8 Å². The molecule has 0 bridgehead atoms. The number of hydrogen-bond acceptors (Lipinski definition) is 5. The molecule has 9 heteroatoms. The molecule has 2 heterocycles. The van der Waals surface area contributed by atoms with E-state index in [4.69, 9.17) is 5.73 Å². The van der Waals surface area contributed by atoms with Crippen molar-refractivity contribution in [3.8, 4) is 0 Å². The Balaban J connectivity index is 0.000000177. The lowest BCUT2D eigenvalue weighted by molar-refractivity contribution is 0.551. The molecule has 4 aromatic rings. The Morgan fingerprint density at radius 2 is 1.37 bits per heavy atom. The molecule has 2 aromatic carbocycles. The normalized spacial score (nSPS) is 11.8. The number of sulfonamides is 1. The maximum absolute atomic E-state index is 11.2. The van der Waals surface area contributed by atoms with Gasteiger partial charge in [0.15, 0.2) is 0 Å². The fourth-order valence-electron chi connectivity index (χ4n) is 3.19. The third kappa shape index (κ3) is 4.91. The topological polar surface area (TPSA) is 108 Å². The maximum Gasteiger partial charge on any atom is 0.229 e. The average Bonchev–Trinajstić information content (AvgIpc) is 3.24. The highest BCUT2D eigenvalue weighted by atomic mass is 32.2. The highest BCUT2D eigenvalue weighted by Crippen LogP contribution is 2.22. The van der Waals surface area contributed by atoms with Crippen LogP contribution in [0.15, 0.2) is 48.8 Å². The number of rotatable bonds is 4. The van der Waals surface area contributed by atoms with Gasteiger partial charge in [0.1, 0.15) is 0 Å². The minimum atomic E-state index is -3.24. The average molecular weight is 429 g/mol. The first kappa shape index (κ1) is 21.6. The van der Waals surface area contributed by atoms with Crippen molar-refractivity contribution in [1.82, 2.24) is 19.6 Å². The number of nitrogens with one attached hydrogen (secondary N) is 1. The van der Waals surface area contributed by atoms with Crippen molar-refractivity contribution in [2.75, 3.05) is 16.7 Å².